The van der Waals surface area contributed by atoms with Crippen LogP contribution in [0.25, 0.3) is 11.0 Å². The van der Waals surface area contributed by atoms with Gasteiger partial charge in [-0.25, -0.2) is 13.8 Å². The van der Waals surface area contributed by atoms with Crippen molar-refractivity contribution in [1.82, 2.24) is 9.55 Å². The van der Waals surface area contributed by atoms with E-state index < -0.39 is 17.2 Å². The number of aromatic nitrogens is 2. The van der Waals surface area contributed by atoms with Gasteiger partial charge in [0.15, 0.2) is 11.6 Å². The maximum absolute atomic E-state index is 14.0. The highest BCUT2D eigenvalue weighted by Crippen LogP contribution is 2.38. The quantitative estimate of drug-likeness (QED) is 0.489. The Kier molecular flexibility index (Phi) is 6.55. The molecule has 0 radical (unpaired) electrons. The topological polar surface area (TPSA) is 88.9 Å². The van der Waals surface area contributed by atoms with Crippen LogP contribution in [0.1, 0.15) is 49.8 Å². The average Bonchev–Trinajstić information content (AvgIpc) is 3.74. The van der Waals surface area contributed by atoms with Crippen LogP contribution in [0.2, 0.25) is 0 Å². The number of pyridine rings is 2. The zero-order chi connectivity index (χ0) is 26.3. The maximum Gasteiger partial charge on any atom is 0.270 e. The molecular formula is C28H28F2N6O. The minimum absolute atomic E-state index is 0.0133. The third kappa shape index (κ3) is 4.62. The lowest BCUT2D eigenvalue weighted by Gasteiger charge is -2.41. The van der Waals surface area contributed by atoms with Crippen LogP contribution in [0.5, 0.6) is 0 Å². The number of nitriles is 2. The molecule has 3 aromatic rings. The molecule has 0 amide bonds. The lowest BCUT2D eigenvalue weighted by atomic mass is 9.88. The first-order chi connectivity index (χ1) is 17.8. The van der Waals surface area contributed by atoms with E-state index in [1.165, 1.54) is 16.7 Å². The van der Waals surface area contributed by atoms with E-state index in [1.807, 2.05) is 18.0 Å². The first-order valence-electron chi connectivity index (χ1n) is 12.6. The van der Waals surface area contributed by atoms with Gasteiger partial charge in [-0.3, -0.25) is 4.79 Å². The van der Waals surface area contributed by atoms with Gasteiger partial charge >= 0.3 is 0 Å². The van der Waals surface area contributed by atoms with Gasteiger partial charge in [0.25, 0.3) is 5.56 Å². The predicted octanol–water partition coefficient (Wildman–Crippen LogP) is 4.62. The number of hydrogen-bond donors (Lipinski definition) is 0. The largest absolute Gasteiger partial charge is 0.369 e. The second-order valence-electron chi connectivity index (χ2n) is 10.1. The van der Waals surface area contributed by atoms with Gasteiger partial charge in [0, 0.05) is 44.5 Å². The summed E-state index contributed by atoms with van der Waals surface area (Å²) in [7, 11) is 3.47. The van der Waals surface area contributed by atoms with E-state index in [0.29, 0.717) is 28.3 Å². The Morgan fingerprint density at radius 1 is 1.00 bits per heavy atom. The zero-order valence-corrected chi connectivity index (χ0v) is 20.9. The maximum atomic E-state index is 14.0. The van der Waals surface area contributed by atoms with Gasteiger partial charge in [-0.2, -0.15) is 10.5 Å². The van der Waals surface area contributed by atoms with E-state index >= 15 is 0 Å². The highest BCUT2D eigenvalue weighted by Gasteiger charge is 2.34. The summed E-state index contributed by atoms with van der Waals surface area (Å²) in [6, 6.07) is 11.7. The number of benzene rings is 1. The highest BCUT2D eigenvalue weighted by molar-refractivity contribution is 5.92. The Labute approximate surface area is 214 Å². The van der Waals surface area contributed by atoms with Crippen LogP contribution >= 0.6 is 0 Å². The third-order valence-corrected chi connectivity index (χ3v) is 7.84. The van der Waals surface area contributed by atoms with Crippen molar-refractivity contribution in [3.8, 4) is 12.1 Å². The van der Waals surface area contributed by atoms with Gasteiger partial charge in [0.2, 0.25) is 0 Å². The van der Waals surface area contributed by atoms with Gasteiger partial charge in [-0.1, -0.05) is 0 Å². The van der Waals surface area contributed by atoms with E-state index in [4.69, 9.17) is 0 Å². The van der Waals surface area contributed by atoms with Crippen LogP contribution in [0, 0.1) is 40.2 Å². The van der Waals surface area contributed by atoms with E-state index in [2.05, 4.69) is 16.0 Å². The first-order valence-corrected chi connectivity index (χ1v) is 12.6. The molecule has 190 valence electrons. The summed E-state index contributed by atoms with van der Waals surface area (Å²) in [5.41, 5.74) is 2.02. The Morgan fingerprint density at radius 3 is 2.32 bits per heavy atom. The van der Waals surface area contributed by atoms with Crippen LogP contribution in [0.3, 0.4) is 0 Å². The molecule has 0 spiro atoms. The summed E-state index contributed by atoms with van der Waals surface area (Å²) in [6.45, 7) is 0.828. The van der Waals surface area contributed by atoms with Crippen molar-refractivity contribution in [1.29, 1.82) is 10.5 Å². The van der Waals surface area contributed by atoms with Gasteiger partial charge in [-0.15, -0.1) is 0 Å². The minimum Gasteiger partial charge on any atom is -0.369 e. The summed E-state index contributed by atoms with van der Waals surface area (Å²) < 4.78 is 29.0. The molecule has 2 fully saturated rings. The lowest BCUT2D eigenvalue weighted by molar-refractivity contribution is 0.364. The fourth-order valence-electron chi connectivity index (χ4n) is 5.55. The molecule has 2 aromatic heterocycles. The standard InChI is InChI=1S/C28H28F2N6O/c1-34(27-22(15-32)28(37)35(2)25-12-5-18(14-31)33-26(25)27)19-6-8-20(9-7-19)36(16-17-3-4-17)21-10-11-23(29)24(30)13-21/h5,10-13,17,19-20H,3-4,6-9,16H2,1-2H3. The molecule has 2 heterocycles. The second kappa shape index (κ2) is 9.82. The van der Waals surface area contributed by atoms with Crippen molar-refractivity contribution in [3.63, 3.8) is 0 Å². The van der Waals surface area contributed by atoms with Gasteiger partial charge < -0.3 is 14.4 Å². The van der Waals surface area contributed by atoms with Crippen molar-refractivity contribution in [3.05, 3.63) is 63.6 Å². The molecule has 0 bridgehead atoms. The third-order valence-electron chi connectivity index (χ3n) is 7.84. The molecule has 1 aromatic carbocycles. The van der Waals surface area contributed by atoms with Gasteiger partial charge in [0.05, 0.1) is 11.2 Å². The summed E-state index contributed by atoms with van der Waals surface area (Å²) >= 11 is 0. The summed E-state index contributed by atoms with van der Waals surface area (Å²) in [5, 5.41) is 19.3. The number of aryl methyl sites for hydroxylation is 1. The molecule has 2 aliphatic rings. The van der Waals surface area contributed by atoms with Crippen LogP contribution in [0.4, 0.5) is 20.2 Å². The van der Waals surface area contributed by atoms with E-state index in [-0.39, 0.29) is 23.3 Å². The van der Waals surface area contributed by atoms with Crippen molar-refractivity contribution in [2.24, 2.45) is 13.0 Å². The molecule has 2 aliphatic carbocycles. The van der Waals surface area contributed by atoms with Crippen molar-refractivity contribution in [2.75, 3.05) is 23.4 Å². The SMILES string of the molecule is CN(c1c(C#N)c(=O)n(C)c2ccc(C#N)nc12)C1CCC(N(CC2CC2)c2ccc(F)c(F)c2)CC1. The molecule has 2 saturated carbocycles. The van der Waals surface area contributed by atoms with E-state index in [9.17, 15) is 24.1 Å². The molecular weight excluding hydrogens is 474 g/mol. The Morgan fingerprint density at radius 2 is 1.70 bits per heavy atom. The number of rotatable bonds is 6. The Hall–Kier alpha value is -3.98. The molecule has 0 unspecified atom stereocenters. The number of nitrogens with zero attached hydrogens (tertiary/aromatic N) is 6. The molecule has 0 saturated heterocycles. The number of anilines is 2. The molecule has 5 rings (SSSR count). The average molecular weight is 503 g/mol. The Balaban J connectivity index is 1.43. The smallest absolute Gasteiger partial charge is 0.270 e. The predicted molar refractivity (Wildman–Crippen MR) is 137 cm³/mol. The number of hydrogen-bond acceptors (Lipinski definition) is 6. The highest BCUT2D eigenvalue weighted by atomic mass is 19.2. The van der Waals surface area contributed by atoms with Crippen LogP contribution in [-0.4, -0.2) is 35.2 Å². The number of halogens is 2. The summed E-state index contributed by atoms with van der Waals surface area (Å²) in [5.74, 6) is -1.10. The molecule has 7 nitrogen and oxygen atoms in total. The van der Waals surface area contributed by atoms with Crippen LogP contribution in [0.15, 0.2) is 35.1 Å². The van der Waals surface area contributed by atoms with Gasteiger partial charge in [-0.05, 0) is 68.7 Å². The second-order valence-corrected chi connectivity index (χ2v) is 10.1. The zero-order valence-electron chi connectivity index (χ0n) is 20.9. The molecule has 37 heavy (non-hydrogen) atoms. The Bertz CT molecular complexity index is 1490. The van der Waals surface area contributed by atoms with Crippen molar-refractivity contribution >= 4 is 22.4 Å². The molecule has 0 N–H and O–H groups in total. The normalized spacial score (nSPS) is 19.3. The molecule has 0 atom stereocenters. The first kappa shape index (κ1) is 24.7. The fourth-order valence-corrected chi connectivity index (χ4v) is 5.55. The summed E-state index contributed by atoms with van der Waals surface area (Å²) in [4.78, 5) is 21.7. The van der Waals surface area contributed by atoms with Crippen LogP contribution < -0.4 is 15.4 Å². The minimum atomic E-state index is -0.844. The van der Waals surface area contributed by atoms with Crippen molar-refractivity contribution < 1.29 is 8.78 Å². The fraction of sp³-hybridized carbons (Fsp3) is 0.429. The molecule has 0 aliphatic heterocycles. The van der Waals surface area contributed by atoms with E-state index in [0.717, 1.165) is 45.1 Å². The van der Waals surface area contributed by atoms with E-state index in [1.54, 1.807) is 25.2 Å². The van der Waals surface area contributed by atoms with Gasteiger partial charge in [0.1, 0.15) is 28.9 Å². The summed E-state index contributed by atoms with van der Waals surface area (Å²) in [6.07, 6.45) is 5.58. The molecule has 9 heteroatoms. The monoisotopic (exact) mass is 502 g/mol. The number of fused-ring (bicyclic) bond motifs is 1. The van der Waals surface area contributed by atoms with Crippen LogP contribution in [-0.2, 0) is 7.05 Å². The van der Waals surface area contributed by atoms with Crippen molar-refractivity contribution in [2.45, 2.75) is 50.6 Å². The lowest BCUT2D eigenvalue weighted by Crippen LogP contribution is -2.44.